The lowest BCUT2D eigenvalue weighted by Crippen LogP contribution is -2.53. The molecular formula is C19H27N3O2. The van der Waals surface area contributed by atoms with Crippen molar-refractivity contribution in [2.45, 2.75) is 38.3 Å². The predicted molar refractivity (Wildman–Crippen MR) is 93.2 cm³/mol. The van der Waals surface area contributed by atoms with Gasteiger partial charge in [-0.2, -0.15) is 0 Å². The molecular weight excluding hydrogens is 302 g/mol. The smallest absolute Gasteiger partial charge is 0.317 e. The molecule has 3 aliphatic rings. The van der Waals surface area contributed by atoms with Gasteiger partial charge in [-0.1, -0.05) is 12.1 Å². The van der Waals surface area contributed by atoms with Crippen LogP contribution in [0.4, 0.5) is 4.79 Å². The molecule has 2 aliphatic heterocycles. The number of carbonyl (C=O) groups is 1. The van der Waals surface area contributed by atoms with E-state index in [9.17, 15) is 4.79 Å². The fourth-order valence-corrected chi connectivity index (χ4v) is 4.48. The van der Waals surface area contributed by atoms with Crippen molar-refractivity contribution in [2.24, 2.45) is 5.41 Å². The standard InChI is InChI=1S/C19H27N3O2/c1-21(2)18(23)20-16-10-19(11-16)6-7-22(13-19)12-14-3-4-17-15(9-14)5-8-24-17/h3-4,9,16H,5-8,10-13H2,1-2H3,(H,20,23). The number of hydrogen-bond acceptors (Lipinski definition) is 3. The first kappa shape index (κ1) is 15.8. The van der Waals surface area contributed by atoms with Crippen LogP contribution < -0.4 is 10.1 Å². The number of rotatable bonds is 3. The maximum absolute atomic E-state index is 11.7. The van der Waals surface area contributed by atoms with Crippen LogP contribution in [0.25, 0.3) is 0 Å². The van der Waals surface area contributed by atoms with Crippen molar-refractivity contribution in [3.63, 3.8) is 0 Å². The molecule has 24 heavy (non-hydrogen) atoms. The van der Waals surface area contributed by atoms with E-state index in [4.69, 9.17) is 4.74 Å². The predicted octanol–water partition coefficient (Wildman–Crippen LogP) is 2.25. The number of carbonyl (C=O) groups excluding carboxylic acids is 1. The second-order valence-corrected chi connectivity index (χ2v) is 7.95. The lowest BCUT2D eigenvalue weighted by molar-refractivity contribution is 0.0899. The van der Waals surface area contributed by atoms with Crippen molar-refractivity contribution in [1.29, 1.82) is 0 Å². The zero-order valence-corrected chi connectivity index (χ0v) is 14.7. The van der Waals surface area contributed by atoms with Gasteiger partial charge in [0, 0.05) is 39.6 Å². The Balaban J connectivity index is 1.29. The van der Waals surface area contributed by atoms with E-state index in [0.29, 0.717) is 11.5 Å². The largest absolute Gasteiger partial charge is 0.493 e. The molecule has 2 fully saturated rings. The lowest BCUT2D eigenvalue weighted by Gasteiger charge is -2.45. The third kappa shape index (κ3) is 2.97. The van der Waals surface area contributed by atoms with Gasteiger partial charge in [0.15, 0.2) is 0 Å². The molecule has 1 N–H and O–H groups in total. The molecule has 130 valence electrons. The minimum Gasteiger partial charge on any atom is -0.493 e. The summed E-state index contributed by atoms with van der Waals surface area (Å²) in [6.07, 6.45) is 4.55. The van der Waals surface area contributed by atoms with E-state index in [2.05, 4.69) is 28.4 Å². The highest BCUT2D eigenvalue weighted by Gasteiger charge is 2.48. The quantitative estimate of drug-likeness (QED) is 0.925. The van der Waals surface area contributed by atoms with Crippen LogP contribution in [0.1, 0.15) is 30.4 Å². The van der Waals surface area contributed by atoms with Crippen molar-refractivity contribution in [3.05, 3.63) is 29.3 Å². The first-order valence-corrected chi connectivity index (χ1v) is 8.98. The molecule has 0 radical (unpaired) electrons. The van der Waals surface area contributed by atoms with E-state index < -0.39 is 0 Å². The third-order valence-corrected chi connectivity index (χ3v) is 5.77. The molecule has 0 atom stereocenters. The zero-order valence-electron chi connectivity index (χ0n) is 14.7. The van der Waals surface area contributed by atoms with Gasteiger partial charge in [-0.15, -0.1) is 0 Å². The molecule has 0 aromatic heterocycles. The van der Waals surface area contributed by atoms with Crippen molar-refractivity contribution in [1.82, 2.24) is 15.1 Å². The Bertz CT molecular complexity index is 637. The van der Waals surface area contributed by atoms with E-state index in [-0.39, 0.29) is 6.03 Å². The second-order valence-electron chi connectivity index (χ2n) is 7.95. The van der Waals surface area contributed by atoms with Crippen LogP contribution in [-0.4, -0.2) is 55.7 Å². The highest BCUT2D eigenvalue weighted by Crippen LogP contribution is 2.48. The molecule has 1 saturated carbocycles. The molecule has 0 unspecified atom stereocenters. The average Bonchev–Trinajstić information content (AvgIpc) is 3.13. The lowest BCUT2D eigenvalue weighted by atomic mass is 9.65. The number of ether oxygens (including phenoxy) is 1. The molecule has 2 heterocycles. The fraction of sp³-hybridized carbons (Fsp3) is 0.632. The summed E-state index contributed by atoms with van der Waals surface area (Å²) in [5.41, 5.74) is 3.19. The molecule has 1 aromatic rings. The van der Waals surface area contributed by atoms with Crippen LogP contribution >= 0.6 is 0 Å². The van der Waals surface area contributed by atoms with Gasteiger partial charge < -0.3 is 15.0 Å². The Morgan fingerprint density at radius 2 is 2.25 bits per heavy atom. The zero-order chi connectivity index (χ0) is 16.7. The summed E-state index contributed by atoms with van der Waals surface area (Å²) in [5.74, 6) is 1.06. The SMILES string of the molecule is CN(C)C(=O)NC1CC2(CCN(Cc3ccc4c(c3)CCO4)C2)C1. The topological polar surface area (TPSA) is 44.8 Å². The maximum atomic E-state index is 11.7. The minimum atomic E-state index is 0.0325. The van der Waals surface area contributed by atoms with Gasteiger partial charge in [-0.05, 0) is 48.4 Å². The van der Waals surface area contributed by atoms with E-state index in [1.54, 1.807) is 19.0 Å². The summed E-state index contributed by atoms with van der Waals surface area (Å²) >= 11 is 0. The highest BCUT2D eigenvalue weighted by atomic mass is 16.5. The summed E-state index contributed by atoms with van der Waals surface area (Å²) < 4.78 is 5.59. The molecule has 5 nitrogen and oxygen atoms in total. The van der Waals surface area contributed by atoms with Crippen molar-refractivity contribution in [2.75, 3.05) is 33.8 Å². The summed E-state index contributed by atoms with van der Waals surface area (Å²) in [6.45, 7) is 4.19. The van der Waals surface area contributed by atoms with E-state index >= 15 is 0 Å². The van der Waals surface area contributed by atoms with E-state index in [0.717, 1.165) is 44.7 Å². The molecule has 5 heteroatoms. The second kappa shape index (κ2) is 5.96. The first-order valence-electron chi connectivity index (χ1n) is 8.98. The van der Waals surface area contributed by atoms with Gasteiger partial charge in [0.25, 0.3) is 0 Å². The van der Waals surface area contributed by atoms with Gasteiger partial charge in [0.05, 0.1) is 6.61 Å². The number of urea groups is 1. The van der Waals surface area contributed by atoms with Gasteiger partial charge in [-0.3, -0.25) is 4.90 Å². The monoisotopic (exact) mass is 329 g/mol. The van der Waals surface area contributed by atoms with Crippen molar-refractivity contribution >= 4 is 6.03 Å². The van der Waals surface area contributed by atoms with Gasteiger partial charge in [-0.25, -0.2) is 4.79 Å². The Labute approximate surface area is 144 Å². The molecule has 0 bridgehead atoms. The van der Waals surface area contributed by atoms with Crippen LogP contribution in [0.5, 0.6) is 5.75 Å². The number of hydrogen-bond donors (Lipinski definition) is 1. The fourth-order valence-electron chi connectivity index (χ4n) is 4.48. The summed E-state index contributed by atoms with van der Waals surface area (Å²) in [6, 6.07) is 7.03. The summed E-state index contributed by atoms with van der Waals surface area (Å²) in [5, 5.41) is 3.11. The summed E-state index contributed by atoms with van der Waals surface area (Å²) in [4.78, 5) is 15.9. The van der Waals surface area contributed by atoms with Crippen molar-refractivity contribution < 1.29 is 9.53 Å². The number of nitrogens with one attached hydrogen (secondary N) is 1. The summed E-state index contributed by atoms with van der Waals surface area (Å²) in [7, 11) is 3.59. The first-order chi connectivity index (χ1) is 11.5. The molecule has 1 saturated heterocycles. The normalized spacial score (nSPS) is 28.3. The molecule has 1 aromatic carbocycles. The van der Waals surface area contributed by atoms with Gasteiger partial charge in [0.1, 0.15) is 5.75 Å². The molecule has 1 spiro atoms. The number of amides is 2. The van der Waals surface area contributed by atoms with Gasteiger partial charge >= 0.3 is 6.03 Å². The van der Waals surface area contributed by atoms with Crippen LogP contribution in [0, 0.1) is 5.41 Å². The minimum absolute atomic E-state index is 0.0325. The number of likely N-dealkylation sites (tertiary alicyclic amines) is 1. The van der Waals surface area contributed by atoms with Crippen LogP contribution in [0.3, 0.4) is 0 Å². The number of fused-ring (bicyclic) bond motifs is 1. The van der Waals surface area contributed by atoms with Gasteiger partial charge in [0.2, 0.25) is 0 Å². The Morgan fingerprint density at radius 3 is 3.04 bits per heavy atom. The van der Waals surface area contributed by atoms with Crippen LogP contribution in [0.15, 0.2) is 18.2 Å². The molecule has 2 amide bonds. The third-order valence-electron chi connectivity index (χ3n) is 5.77. The Kier molecular flexibility index (Phi) is 3.91. The van der Waals surface area contributed by atoms with Crippen molar-refractivity contribution in [3.8, 4) is 5.75 Å². The Morgan fingerprint density at radius 1 is 1.42 bits per heavy atom. The van der Waals surface area contributed by atoms with E-state index in [1.807, 2.05) is 0 Å². The molecule has 4 rings (SSSR count). The number of nitrogens with zero attached hydrogens (tertiary/aromatic N) is 2. The Hall–Kier alpha value is -1.75. The van der Waals surface area contributed by atoms with E-state index in [1.165, 1.54) is 24.1 Å². The number of benzene rings is 1. The average molecular weight is 329 g/mol. The maximum Gasteiger partial charge on any atom is 0.317 e. The highest BCUT2D eigenvalue weighted by molar-refractivity contribution is 5.74. The molecule has 1 aliphatic carbocycles. The van der Waals surface area contributed by atoms with Crippen LogP contribution in [0.2, 0.25) is 0 Å². The van der Waals surface area contributed by atoms with Crippen LogP contribution in [-0.2, 0) is 13.0 Å².